The number of rotatable bonds is 6. The van der Waals surface area contributed by atoms with Crippen LogP contribution >= 0.6 is 0 Å². The molecule has 0 saturated heterocycles. The number of halogens is 2. The number of carbonyl (C=O) groups excluding carboxylic acids is 1. The lowest BCUT2D eigenvalue weighted by atomic mass is 10.1. The van der Waals surface area contributed by atoms with Gasteiger partial charge in [0.1, 0.15) is 17.6 Å². The van der Waals surface area contributed by atoms with Crippen LogP contribution in [0, 0.1) is 11.3 Å². The zero-order valence-electron chi connectivity index (χ0n) is 11.0. The Bertz CT molecular complexity index is 526. The molecule has 1 aromatic carbocycles. The first kappa shape index (κ1) is 15.7. The van der Waals surface area contributed by atoms with Gasteiger partial charge in [-0.05, 0) is 13.0 Å². The Morgan fingerprint density at radius 3 is 2.60 bits per heavy atom. The molecule has 0 atom stereocenters. The Labute approximate surface area is 114 Å². The highest BCUT2D eigenvalue weighted by Gasteiger charge is 2.17. The van der Waals surface area contributed by atoms with Crippen LogP contribution in [0.2, 0.25) is 0 Å². The largest absolute Gasteiger partial charge is 0.495 e. The molecule has 1 rings (SSSR count). The SMILES string of the molecule is CCOC(=O)Cc1cc(C#N)c(OC)cc1OC(F)F. The molecule has 108 valence electrons. The van der Waals surface area contributed by atoms with Crippen LogP contribution in [0.25, 0.3) is 0 Å². The number of ether oxygens (including phenoxy) is 3. The molecule has 0 saturated carbocycles. The summed E-state index contributed by atoms with van der Waals surface area (Å²) in [6.45, 7) is -1.25. The van der Waals surface area contributed by atoms with Gasteiger partial charge in [0.2, 0.25) is 0 Å². The maximum atomic E-state index is 12.4. The number of nitriles is 1. The zero-order chi connectivity index (χ0) is 15.1. The van der Waals surface area contributed by atoms with Crippen molar-refractivity contribution >= 4 is 5.97 Å². The molecule has 0 amide bonds. The summed E-state index contributed by atoms with van der Waals surface area (Å²) >= 11 is 0. The maximum absolute atomic E-state index is 12.4. The van der Waals surface area contributed by atoms with Crippen LogP contribution < -0.4 is 9.47 Å². The van der Waals surface area contributed by atoms with Crippen LogP contribution in [0.5, 0.6) is 11.5 Å². The predicted molar refractivity (Wildman–Crippen MR) is 64.7 cm³/mol. The first-order valence-electron chi connectivity index (χ1n) is 5.73. The van der Waals surface area contributed by atoms with Crippen molar-refractivity contribution in [2.24, 2.45) is 0 Å². The molecule has 5 nitrogen and oxygen atoms in total. The fourth-order valence-electron chi connectivity index (χ4n) is 1.57. The highest BCUT2D eigenvalue weighted by molar-refractivity contribution is 5.74. The minimum atomic E-state index is -3.05. The minimum Gasteiger partial charge on any atom is -0.495 e. The first-order chi connectivity index (χ1) is 9.51. The van der Waals surface area contributed by atoms with E-state index in [2.05, 4.69) is 4.74 Å². The first-order valence-corrected chi connectivity index (χ1v) is 5.73. The third kappa shape index (κ3) is 4.09. The van der Waals surface area contributed by atoms with E-state index in [-0.39, 0.29) is 35.7 Å². The van der Waals surface area contributed by atoms with Crippen LogP contribution in [-0.2, 0) is 16.0 Å². The molecule has 0 radical (unpaired) electrons. The number of carbonyl (C=O) groups is 1. The number of benzene rings is 1. The third-order valence-corrected chi connectivity index (χ3v) is 2.36. The third-order valence-electron chi connectivity index (χ3n) is 2.36. The van der Waals surface area contributed by atoms with Crippen molar-refractivity contribution in [1.29, 1.82) is 5.26 Å². The van der Waals surface area contributed by atoms with Crippen molar-refractivity contribution in [3.63, 3.8) is 0 Å². The second kappa shape index (κ2) is 7.28. The van der Waals surface area contributed by atoms with Gasteiger partial charge in [-0.2, -0.15) is 14.0 Å². The van der Waals surface area contributed by atoms with Crippen molar-refractivity contribution < 1.29 is 27.8 Å². The molecule has 1 aromatic rings. The maximum Gasteiger partial charge on any atom is 0.387 e. The standard InChI is InChI=1S/C13H13F2NO4/c1-3-19-12(17)5-8-4-9(7-16)10(18-2)6-11(8)20-13(14)15/h4,6,13H,3,5H2,1-2H3. The summed E-state index contributed by atoms with van der Waals surface area (Å²) in [4.78, 5) is 11.4. The van der Waals surface area contributed by atoms with E-state index in [0.717, 1.165) is 6.07 Å². The molecule has 0 unspecified atom stereocenters. The van der Waals surface area contributed by atoms with Crippen molar-refractivity contribution in [2.45, 2.75) is 20.0 Å². The van der Waals surface area contributed by atoms with E-state index in [1.165, 1.54) is 13.2 Å². The number of hydrogen-bond acceptors (Lipinski definition) is 5. The molecule has 0 fully saturated rings. The van der Waals surface area contributed by atoms with Crippen LogP contribution in [0.1, 0.15) is 18.1 Å². The fourth-order valence-corrected chi connectivity index (χ4v) is 1.57. The molecule has 0 aromatic heterocycles. The Hall–Kier alpha value is -2.36. The topological polar surface area (TPSA) is 68.6 Å². The number of nitrogens with zero attached hydrogens (tertiary/aromatic N) is 1. The summed E-state index contributed by atoms with van der Waals surface area (Å²) in [5.74, 6) is -0.722. The van der Waals surface area contributed by atoms with Gasteiger partial charge in [0.05, 0.1) is 25.7 Å². The van der Waals surface area contributed by atoms with E-state index in [4.69, 9.17) is 14.7 Å². The Morgan fingerprint density at radius 1 is 1.40 bits per heavy atom. The average molecular weight is 285 g/mol. The van der Waals surface area contributed by atoms with Gasteiger partial charge >= 0.3 is 12.6 Å². The molecule has 0 aliphatic carbocycles. The minimum absolute atomic E-state index is 0.0933. The van der Waals surface area contributed by atoms with E-state index < -0.39 is 12.6 Å². The summed E-state index contributed by atoms with van der Waals surface area (Å²) in [6.07, 6.45) is -0.269. The molecule has 0 heterocycles. The van der Waals surface area contributed by atoms with Gasteiger partial charge in [-0.1, -0.05) is 0 Å². The summed E-state index contributed by atoms with van der Waals surface area (Å²) < 4.78 is 38.7. The number of alkyl halides is 2. The van der Waals surface area contributed by atoms with Gasteiger partial charge in [0.25, 0.3) is 0 Å². The summed E-state index contributed by atoms with van der Waals surface area (Å²) in [6, 6.07) is 4.28. The molecule has 20 heavy (non-hydrogen) atoms. The molecule has 0 aliphatic heterocycles. The second-order valence-corrected chi connectivity index (χ2v) is 3.63. The summed E-state index contributed by atoms with van der Waals surface area (Å²) in [5.41, 5.74) is 0.259. The average Bonchev–Trinajstić information content (AvgIpc) is 2.39. The van der Waals surface area contributed by atoms with Gasteiger partial charge in [0, 0.05) is 11.6 Å². The number of hydrogen-bond donors (Lipinski definition) is 0. The number of methoxy groups -OCH3 is 1. The smallest absolute Gasteiger partial charge is 0.387 e. The molecular formula is C13H13F2NO4. The monoisotopic (exact) mass is 285 g/mol. The zero-order valence-corrected chi connectivity index (χ0v) is 11.0. The Morgan fingerprint density at radius 2 is 2.10 bits per heavy atom. The van der Waals surface area contributed by atoms with Gasteiger partial charge in [-0.15, -0.1) is 0 Å². The van der Waals surface area contributed by atoms with E-state index in [9.17, 15) is 13.6 Å². The van der Waals surface area contributed by atoms with Gasteiger partial charge < -0.3 is 14.2 Å². The van der Waals surface area contributed by atoms with Crippen LogP contribution in [-0.4, -0.2) is 26.3 Å². The van der Waals surface area contributed by atoms with Crippen molar-refractivity contribution in [1.82, 2.24) is 0 Å². The lowest BCUT2D eigenvalue weighted by molar-refractivity contribution is -0.142. The van der Waals surface area contributed by atoms with Crippen molar-refractivity contribution in [3.8, 4) is 17.6 Å². The number of esters is 1. The molecule has 7 heteroatoms. The molecular weight excluding hydrogens is 272 g/mol. The summed E-state index contributed by atoms with van der Waals surface area (Å²) in [7, 11) is 1.30. The van der Waals surface area contributed by atoms with Crippen LogP contribution in [0.4, 0.5) is 8.78 Å². The fraction of sp³-hybridized carbons (Fsp3) is 0.385. The summed E-state index contributed by atoms with van der Waals surface area (Å²) in [5, 5.41) is 8.95. The van der Waals surface area contributed by atoms with E-state index in [1.807, 2.05) is 6.07 Å². The molecule has 0 bridgehead atoms. The molecule has 0 spiro atoms. The van der Waals surface area contributed by atoms with Crippen LogP contribution in [0.15, 0.2) is 12.1 Å². The van der Waals surface area contributed by atoms with E-state index in [1.54, 1.807) is 6.92 Å². The van der Waals surface area contributed by atoms with Crippen LogP contribution in [0.3, 0.4) is 0 Å². The Balaban J connectivity index is 3.17. The second-order valence-electron chi connectivity index (χ2n) is 3.63. The van der Waals surface area contributed by atoms with Gasteiger partial charge in [-0.25, -0.2) is 0 Å². The normalized spacial score (nSPS) is 10.0. The predicted octanol–water partition coefficient (Wildman–Crippen LogP) is 2.27. The molecule has 0 aliphatic rings. The van der Waals surface area contributed by atoms with Gasteiger partial charge in [-0.3, -0.25) is 4.79 Å². The lowest BCUT2D eigenvalue weighted by Crippen LogP contribution is -2.11. The highest BCUT2D eigenvalue weighted by Crippen LogP contribution is 2.30. The lowest BCUT2D eigenvalue weighted by Gasteiger charge is -2.13. The van der Waals surface area contributed by atoms with Gasteiger partial charge in [0.15, 0.2) is 0 Å². The van der Waals surface area contributed by atoms with E-state index in [0.29, 0.717) is 0 Å². The van der Waals surface area contributed by atoms with Crippen molar-refractivity contribution in [2.75, 3.05) is 13.7 Å². The van der Waals surface area contributed by atoms with Crippen molar-refractivity contribution in [3.05, 3.63) is 23.3 Å². The Kier molecular flexibility index (Phi) is 5.72. The highest BCUT2D eigenvalue weighted by atomic mass is 19.3. The molecule has 0 N–H and O–H groups in total. The quantitative estimate of drug-likeness (QED) is 0.750. The van der Waals surface area contributed by atoms with E-state index >= 15 is 0 Å².